The Hall–Kier alpha value is -1.92. The van der Waals surface area contributed by atoms with Crippen molar-refractivity contribution in [2.24, 2.45) is 0 Å². The summed E-state index contributed by atoms with van der Waals surface area (Å²) >= 11 is 0. The molecule has 2 unspecified atom stereocenters. The van der Waals surface area contributed by atoms with E-state index in [-0.39, 0.29) is 18.5 Å². The molecular formula is C62H117NO5. The van der Waals surface area contributed by atoms with E-state index in [2.05, 4.69) is 43.5 Å². The first kappa shape index (κ1) is 66.1. The fourth-order valence-corrected chi connectivity index (χ4v) is 9.26. The molecule has 0 fully saturated rings. The predicted molar refractivity (Wildman–Crippen MR) is 296 cm³/mol. The highest BCUT2D eigenvalue weighted by atomic mass is 16.5. The Balaban J connectivity index is 3.46. The number of hydrogen-bond donors (Lipinski definition) is 3. The summed E-state index contributed by atoms with van der Waals surface area (Å²) < 4.78 is 5.46. The molecule has 1 amide bonds. The van der Waals surface area contributed by atoms with Crippen LogP contribution in [0.5, 0.6) is 0 Å². The quantitative estimate of drug-likeness (QED) is 0.0321. The van der Waals surface area contributed by atoms with E-state index >= 15 is 0 Å². The smallest absolute Gasteiger partial charge is 0.305 e. The summed E-state index contributed by atoms with van der Waals surface area (Å²) in [4.78, 5) is 24.5. The van der Waals surface area contributed by atoms with Crippen LogP contribution >= 0.6 is 0 Å². The summed E-state index contributed by atoms with van der Waals surface area (Å²) in [5.41, 5.74) is 0. The molecule has 2 atom stereocenters. The number of esters is 1. The van der Waals surface area contributed by atoms with Crippen molar-refractivity contribution in [3.8, 4) is 0 Å². The van der Waals surface area contributed by atoms with Crippen molar-refractivity contribution in [1.29, 1.82) is 0 Å². The van der Waals surface area contributed by atoms with Gasteiger partial charge in [-0.2, -0.15) is 0 Å². The van der Waals surface area contributed by atoms with E-state index in [1.54, 1.807) is 6.08 Å². The zero-order chi connectivity index (χ0) is 49.3. The zero-order valence-electron chi connectivity index (χ0n) is 45.6. The van der Waals surface area contributed by atoms with E-state index in [9.17, 15) is 19.8 Å². The molecule has 0 aliphatic rings. The first-order valence-corrected chi connectivity index (χ1v) is 30.3. The number of aliphatic hydroxyl groups excluding tert-OH is 2. The summed E-state index contributed by atoms with van der Waals surface area (Å²) in [5.74, 6) is -0.0821. The van der Waals surface area contributed by atoms with Crippen molar-refractivity contribution < 1.29 is 24.5 Å². The van der Waals surface area contributed by atoms with Crippen LogP contribution in [-0.4, -0.2) is 47.4 Å². The number of rotatable bonds is 56. The number of amides is 1. The topological polar surface area (TPSA) is 95.9 Å². The van der Waals surface area contributed by atoms with Crippen LogP contribution in [0.3, 0.4) is 0 Å². The van der Waals surface area contributed by atoms with Gasteiger partial charge in [0.05, 0.1) is 25.4 Å². The lowest BCUT2D eigenvalue weighted by molar-refractivity contribution is -0.143. The average molecular weight is 957 g/mol. The fourth-order valence-electron chi connectivity index (χ4n) is 9.26. The van der Waals surface area contributed by atoms with Crippen LogP contribution in [-0.2, 0) is 14.3 Å². The Labute approximate surface area is 424 Å². The molecule has 0 saturated heterocycles. The normalized spacial score (nSPS) is 12.8. The minimum atomic E-state index is -0.850. The van der Waals surface area contributed by atoms with Gasteiger partial charge < -0.3 is 20.3 Å². The highest BCUT2D eigenvalue weighted by Gasteiger charge is 2.18. The third-order valence-corrected chi connectivity index (χ3v) is 13.9. The number of aliphatic hydroxyl groups is 2. The summed E-state index contributed by atoms with van der Waals surface area (Å²) in [5, 5.41) is 23.2. The van der Waals surface area contributed by atoms with Crippen LogP contribution in [0, 0.1) is 0 Å². The number of unbranched alkanes of at least 4 members (excludes halogenated alkanes) is 41. The fraction of sp³-hybridized carbons (Fsp3) is 0.871. The molecule has 400 valence electrons. The molecule has 0 rings (SSSR count). The third kappa shape index (κ3) is 53.4. The SMILES string of the molecule is CCC/C=C\C/C=C\CCCCCCCC(=O)OCCCCCCCCCCCCCCCCCCCC(=O)NC(CO)C(O)/C=C/CCCCCCCCCCCCCCCCCCCCC. The molecule has 0 radical (unpaired) electrons. The minimum absolute atomic E-state index is 0.0107. The molecule has 0 aliphatic carbocycles. The first-order chi connectivity index (χ1) is 33.5. The standard InChI is InChI=1S/C62H117NO5/c1-3-5-7-9-11-13-15-17-18-19-20-21-22-24-27-31-34-38-42-46-50-54-60(65)59(58-64)63-61(66)55-51-47-43-39-35-32-28-25-23-26-29-33-37-41-45-49-53-57-68-62(67)56-52-48-44-40-36-30-16-14-12-10-8-6-4-2/h8,10,14,16,50,54,59-60,64-65H,3-7,9,11-13,15,17-49,51-53,55-58H2,1-2H3,(H,63,66)/b10-8-,16-14-,54-50+. The van der Waals surface area contributed by atoms with Gasteiger partial charge in [-0.25, -0.2) is 0 Å². The van der Waals surface area contributed by atoms with E-state index in [1.807, 2.05) is 6.08 Å². The van der Waals surface area contributed by atoms with Gasteiger partial charge in [0.15, 0.2) is 0 Å². The number of ether oxygens (including phenoxy) is 1. The van der Waals surface area contributed by atoms with Gasteiger partial charge in [-0.3, -0.25) is 9.59 Å². The summed E-state index contributed by atoms with van der Waals surface area (Å²) in [6, 6.07) is -0.633. The van der Waals surface area contributed by atoms with Crippen LogP contribution in [0.15, 0.2) is 36.5 Å². The van der Waals surface area contributed by atoms with Gasteiger partial charge >= 0.3 is 5.97 Å². The molecule has 68 heavy (non-hydrogen) atoms. The van der Waals surface area contributed by atoms with Crippen LogP contribution in [0.2, 0.25) is 0 Å². The maximum atomic E-state index is 12.5. The molecule has 6 nitrogen and oxygen atoms in total. The molecule has 0 aromatic carbocycles. The Morgan fingerprint density at radius 3 is 1.18 bits per heavy atom. The maximum absolute atomic E-state index is 12.5. The number of nitrogens with one attached hydrogen (secondary N) is 1. The maximum Gasteiger partial charge on any atom is 0.305 e. The molecule has 0 saturated carbocycles. The second-order valence-electron chi connectivity index (χ2n) is 20.7. The highest BCUT2D eigenvalue weighted by Crippen LogP contribution is 2.17. The van der Waals surface area contributed by atoms with Crippen LogP contribution in [0.1, 0.15) is 322 Å². The number of carbonyl (C=O) groups is 2. The van der Waals surface area contributed by atoms with Gasteiger partial charge in [-0.15, -0.1) is 0 Å². The zero-order valence-corrected chi connectivity index (χ0v) is 45.6. The van der Waals surface area contributed by atoms with Crippen molar-refractivity contribution in [3.05, 3.63) is 36.5 Å². The second kappa shape index (κ2) is 57.7. The van der Waals surface area contributed by atoms with E-state index in [1.165, 1.54) is 244 Å². The van der Waals surface area contributed by atoms with E-state index < -0.39 is 12.1 Å². The summed E-state index contributed by atoms with van der Waals surface area (Å²) in [6.45, 7) is 4.84. The molecule has 0 heterocycles. The molecule has 0 aromatic rings. The predicted octanol–water partition coefficient (Wildman–Crippen LogP) is 18.8. The van der Waals surface area contributed by atoms with Crippen molar-refractivity contribution in [1.82, 2.24) is 5.32 Å². The minimum Gasteiger partial charge on any atom is -0.466 e. The number of allylic oxidation sites excluding steroid dienone is 5. The van der Waals surface area contributed by atoms with Gasteiger partial charge in [0, 0.05) is 12.8 Å². The monoisotopic (exact) mass is 956 g/mol. The molecule has 0 aliphatic heterocycles. The van der Waals surface area contributed by atoms with Gasteiger partial charge in [0.25, 0.3) is 0 Å². The van der Waals surface area contributed by atoms with Crippen LogP contribution in [0.25, 0.3) is 0 Å². The second-order valence-corrected chi connectivity index (χ2v) is 20.7. The Morgan fingerprint density at radius 1 is 0.412 bits per heavy atom. The van der Waals surface area contributed by atoms with E-state index in [0.717, 1.165) is 51.4 Å². The number of carbonyl (C=O) groups excluding carboxylic acids is 2. The van der Waals surface area contributed by atoms with Gasteiger partial charge in [0.1, 0.15) is 0 Å². The summed E-state index contributed by atoms with van der Waals surface area (Å²) in [7, 11) is 0. The lowest BCUT2D eigenvalue weighted by atomic mass is 10.0. The Bertz CT molecular complexity index is 1100. The molecule has 0 aromatic heterocycles. The van der Waals surface area contributed by atoms with Gasteiger partial charge in [0.2, 0.25) is 5.91 Å². The average Bonchev–Trinajstić information content (AvgIpc) is 3.34. The largest absolute Gasteiger partial charge is 0.466 e. The lowest BCUT2D eigenvalue weighted by Gasteiger charge is -2.20. The molecule has 3 N–H and O–H groups in total. The van der Waals surface area contributed by atoms with Crippen molar-refractivity contribution in [3.63, 3.8) is 0 Å². The molecule has 6 heteroatoms. The van der Waals surface area contributed by atoms with Crippen LogP contribution in [0.4, 0.5) is 0 Å². The van der Waals surface area contributed by atoms with E-state index in [4.69, 9.17) is 4.74 Å². The Morgan fingerprint density at radius 2 is 0.765 bits per heavy atom. The highest BCUT2D eigenvalue weighted by molar-refractivity contribution is 5.76. The molecule has 0 bridgehead atoms. The van der Waals surface area contributed by atoms with Crippen molar-refractivity contribution in [2.45, 2.75) is 334 Å². The van der Waals surface area contributed by atoms with Crippen molar-refractivity contribution >= 4 is 11.9 Å². The first-order valence-electron chi connectivity index (χ1n) is 30.3. The lowest BCUT2D eigenvalue weighted by Crippen LogP contribution is -2.45. The summed E-state index contributed by atoms with van der Waals surface area (Å²) in [6.07, 6.45) is 71.7. The molecular weight excluding hydrogens is 839 g/mol. The van der Waals surface area contributed by atoms with Gasteiger partial charge in [-0.1, -0.05) is 288 Å². The van der Waals surface area contributed by atoms with Crippen LogP contribution < -0.4 is 5.32 Å². The Kier molecular flexibility index (Phi) is 56.0. The van der Waals surface area contributed by atoms with Gasteiger partial charge in [-0.05, 0) is 57.8 Å². The third-order valence-electron chi connectivity index (χ3n) is 13.9. The van der Waals surface area contributed by atoms with Crippen molar-refractivity contribution in [2.75, 3.05) is 13.2 Å². The molecule has 0 spiro atoms. The van der Waals surface area contributed by atoms with E-state index in [0.29, 0.717) is 19.4 Å². The number of hydrogen-bond acceptors (Lipinski definition) is 5.